The highest BCUT2D eigenvalue weighted by Gasteiger charge is 2.15. The lowest BCUT2D eigenvalue weighted by molar-refractivity contribution is 0.111. The van der Waals surface area contributed by atoms with E-state index in [0.717, 1.165) is 16.8 Å². The van der Waals surface area contributed by atoms with Crippen LogP contribution in [0.15, 0.2) is 48.5 Å². The third kappa shape index (κ3) is 2.65. The quantitative estimate of drug-likeness (QED) is 0.695. The van der Waals surface area contributed by atoms with Gasteiger partial charge in [0, 0.05) is 6.42 Å². The van der Waals surface area contributed by atoms with E-state index in [-0.39, 0.29) is 5.82 Å². The van der Waals surface area contributed by atoms with Gasteiger partial charge in [-0.25, -0.2) is 9.07 Å². The lowest BCUT2D eigenvalue weighted by atomic mass is 10.1. The van der Waals surface area contributed by atoms with Crippen molar-refractivity contribution in [2.24, 2.45) is 0 Å². The van der Waals surface area contributed by atoms with Crippen molar-refractivity contribution >= 4 is 6.29 Å². The van der Waals surface area contributed by atoms with Gasteiger partial charge in [-0.15, -0.1) is 5.10 Å². The van der Waals surface area contributed by atoms with Crippen LogP contribution in [-0.2, 0) is 6.42 Å². The molecule has 1 aromatic heterocycles. The first-order chi connectivity index (χ1) is 10.7. The average molecular weight is 295 g/mol. The minimum Gasteiger partial charge on any atom is -0.296 e. The summed E-state index contributed by atoms with van der Waals surface area (Å²) in [5.74, 6) is -0.287. The summed E-state index contributed by atoms with van der Waals surface area (Å²) in [5, 5.41) is 8.03. The number of hydrogen-bond acceptors (Lipinski definition) is 3. The zero-order valence-electron chi connectivity index (χ0n) is 12.0. The van der Waals surface area contributed by atoms with Crippen LogP contribution < -0.4 is 0 Å². The number of carbonyl (C=O) groups is 1. The Morgan fingerprint density at radius 3 is 2.55 bits per heavy atom. The molecule has 5 heteroatoms. The summed E-state index contributed by atoms with van der Waals surface area (Å²) in [6, 6.07) is 13.9. The molecule has 0 radical (unpaired) electrons. The normalized spacial score (nSPS) is 10.6. The maximum absolute atomic E-state index is 13.0. The van der Waals surface area contributed by atoms with Crippen LogP contribution in [0.25, 0.3) is 5.69 Å². The Kier molecular flexibility index (Phi) is 3.78. The first-order valence-electron chi connectivity index (χ1n) is 6.89. The van der Waals surface area contributed by atoms with E-state index in [2.05, 4.69) is 10.3 Å². The molecule has 0 saturated heterocycles. The van der Waals surface area contributed by atoms with Gasteiger partial charge in [0.1, 0.15) is 11.5 Å². The van der Waals surface area contributed by atoms with E-state index in [1.54, 1.807) is 16.8 Å². The van der Waals surface area contributed by atoms with Gasteiger partial charge in [0.25, 0.3) is 0 Å². The standard InChI is InChI=1S/C17H14FN3O/c1-12-4-2-3-5-16(12)21-17(15(11-22)19-20-21)10-13-6-8-14(18)9-7-13/h2-9,11H,10H2,1H3. The number of aldehydes is 1. The van der Waals surface area contributed by atoms with Gasteiger partial charge in [-0.3, -0.25) is 4.79 Å². The van der Waals surface area contributed by atoms with Crippen LogP contribution in [0, 0.1) is 12.7 Å². The number of nitrogens with zero attached hydrogens (tertiary/aromatic N) is 3. The summed E-state index contributed by atoms with van der Waals surface area (Å²) < 4.78 is 14.7. The third-order valence-corrected chi connectivity index (χ3v) is 3.53. The molecule has 0 aliphatic heterocycles. The minimum atomic E-state index is -0.287. The molecule has 0 atom stereocenters. The molecule has 0 N–H and O–H groups in total. The Morgan fingerprint density at radius 1 is 1.14 bits per heavy atom. The smallest absolute Gasteiger partial charge is 0.172 e. The number of aromatic nitrogens is 3. The van der Waals surface area contributed by atoms with Crippen molar-refractivity contribution in [2.45, 2.75) is 13.3 Å². The van der Waals surface area contributed by atoms with Crippen LogP contribution in [0.5, 0.6) is 0 Å². The van der Waals surface area contributed by atoms with Crippen molar-refractivity contribution in [1.29, 1.82) is 0 Å². The summed E-state index contributed by atoms with van der Waals surface area (Å²) in [6.45, 7) is 1.97. The Morgan fingerprint density at radius 2 is 1.86 bits per heavy atom. The molecule has 0 aliphatic carbocycles. The summed E-state index contributed by atoms with van der Waals surface area (Å²) in [6.07, 6.45) is 1.15. The van der Waals surface area contributed by atoms with Gasteiger partial charge in [-0.1, -0.05) is 35.5 Å². The van der Waals surface area contributed by atoms with Gasteiger partial charge >= 0.3 is 0 Å². The zero-order valence-corrected chi connectivity index (χ0v) is 12.0. The van der Waals surface area contributed by atoms with Crippen molar-refractivity contribution in [3.63, 3.8) is 0 Å². The Bertz CT molecular complexity index is 809. The number of para-hydroxylation sites is 1. The fourth-order valence-corrected chi connectivity index (χ4v) is 2.36. The lowest BCUT2D eigenvalue weighted by Crippen LogP contribution is -2.06. The molecule has 3 aromatic rings. The second-order valence-corrected chi connectivity index (χ2v) is 5.04. The average Bonchev–Trinajstić information content (AvgIpc) is 2.92. The van der Waals surface area contributed by atoms with Crippen molar-refractivity contribution in [1.82, 2.24) is 15.0 Å². The first kappa shape index (κ1) is 14.1. The van der Waals surface area contributed by atoms with Gasteiger partial charge in [-0.2, -0.15) is 0 Å². The predicted octanol–water partition coefficient (Wildman–Crippen LogP) is 3.12. The number of aryl methyl sites for hydroxylation is 1. The summed E-state index contributed by atoms with van der Waals surface area (Å²) in [4.78, 5) is 11.2. The molecule has 3 rings (SSSR count). The van der Waals surface area contributed by atoms with Crippen molar-refractivity contribution in [2.75, 3.05) is 0 Å². The van der Waals surface area contributed by atoms with Crippen molar-refractivity contribution < 1.29 is 9.18 Å². The number of hydrogen-bond donors (Lipinski definition) is 0. The number of carbonyl (C=O) groups excluding carboxylic acids is 1. The number of benzene rings is 2. The zero-order chi connectivity index (χ0) is 15.5. The predicted molar refractivity (Wildman–Crippen MR) is 80.7 cm³/mol. The SMILES string of the molecule is Cc1ccccc1-n1nnc(C=O)c1Cc1ccc(F)cc1. The van der Waals surface area contributed by atoms with E-state index in [9.17, 15) is 9.18 Å². The van der Waals surface area contributed by atoms with Gasteiger partial charge < -0.3 is 0 Å². The van der Waals surface area contributed by atoms with E-state index < -0.39 is 0 Å². The maximum atomic E-state index is 13.0. The van der Waals surface area contributed by atoms with Crippen molar-refractivity contribution in [3.8, 4) is 5.69 Å². The van der Waals surface area contributed by atoms with Crippen LogP contribution in [-0.4, -0.2) is 21.3 Å². The fourth-order valence-electron chi connectivity index (χ4n) is 2.36. The fraction of sp³-hybridized carbons (Fsp3) is 0.118. The Labute approximate surface area is 127 Å². The van der Waals surface area contributed by atoms with E-state index in [1.165, 1.54) is 12.1 Å². The molecule has 4 nitrogen and oxygen atoms in total. The van der Waals surface area contributed by atoms with Crippen LogP contribution in [0.4, 0.5) is 4.39 Å². The summed E-state index contributed by atoms with van der Waals surface area (Å²) >= 11 is 0. The van der Waals surface area contributed by atoms with Gasteiger partial charge in [0.05, 0.1) is 11.4 Å². The molecule has 0 bridgehead atoms. The molecule has 0 aliphatic rings. The Hall–Kier alpha value is -2.82. The molecular weight excluding hydrogens is 281 g/mol. The minimum absolute atomic E-state index is 0.287. The molecule has 0 unspecified atom stereocenters. The van der Waals surface area contributed by atoms with E-state index in [0.29, 0.717) is 24.1 Å². The lowest BCUT2D eigenvalue weighted by Gasteiger charge is -2.09. The van der Waals surface area contributed by atoms with Gasteiger partial charge in [-0.05, 0) is 36.2 Å². The van der Waals surface area contributed by atoms with Crippen molar-refractivity contribution in [3.05, 3.63) is 76.9 Å². The largest absolute Gasteiger partial charge is 0.296 e. The first-order valence-corrected chi connectivity index (χ1v) is 6.89. The van der Waals surface area contributed by atoms with E-state index >= 15 is 0 Å². The molecule has 110 valence electrons. The Balaban J connectivity index is 2.06. The highest BCUT2D eigenvalue weighted by molar-refractivity contribution is 5.74. The second-order valence-electron chi connectivity index (χ2n) is 5.04. The van der Waals surface area contributed by atoms with Crippen LogP contribution in [0.3, 0.4) is 0 Å². The van der Waals surface area contributed by atoms with E-state index in [4.69, 9.17) is 0 Å². The molecule has 22 heavy (non-hydrogen) atoms. The molecular formula is C17H14FN3O. The van der Waals surface area contributed by atoms with E-state index in [1.807, 2.05) is 31.2 Å². The molecule has 0 saturated carbocycles. The second kappa shape index (κ2) is 5.89. The topological polar surface area (TPSA) is 47.8 Å². The van der Waals surface area contributed by atoms with Gasteiger partial charge in [0.15, 0.2) is 6.29 Å². The number of rotatable bonds is 4. The molecule has 1 heterocycles. The van der Waals surface area contributed by atoms with Gasteiger partial charge in [0.2, 0.25) is 0 Å². The molecule has 0 amide bonds. The third-order valence-electron chi connectivity index (χ3n) is 3.53. The summed E-state index contributed by atoms with van der Waals surface area (Å²) in [7, 11) is 0. The molecule has 2 aromatic carbocycles. The maximum Gasteiger partial charge on any atom is 0.172 e. The van der Waals surface area contributed by atoms with Crippen LogP contribution in [0.1, 0.15) is 27.3 Å². The molecule has 0 spiro atoms. The highest BCUT2D eigenvalue weighted by Crippen LogP contribution is 2.19. The number of halogens is 1. The monoisotopic (exact) mass is 295 g/mol. The van der Waals surface area contributed by atoms with Crippen LogP contribution >= 0.6 is 0 Å². The van der Waals surface area contributed by atoms with Crippen LogP contribution in [0.2, 0.25) is 0 Å². The summed E-state index contributed by atoms with van der Waals surface area (Å²) in [5.41, 5.74) is 3.79. The highest BCUT2D eigenvalue weighted by atomic mass is 19.1. The molecule has 0 fully saturated rings.